The van der Waals surface area contributed by atoms with Crippen LogP contribution in [0.25, 0.3) is 0 Å². The molecule has 2 rings (SSSR count). The normalized spacial score (nSPS) is 10.4. The standard InChI is InChI=1S/C12H12BrN3OS/c1-6-3-8(5-15-11(6)13)16-12(17)10-4-9(14)7(2)18-10/h3-5H,14H2,1-2H3,(H,16,17). The average molecular weight is 326 g/mol. The quantitative estimate of drug-likeness (QED) is 0.832. The fourth-order valence-corrected chi connectivity index (χ4v) is 2.48. The number of rotatable bonds is 2. The summed E-state index contributed by atoms with van der Waals surface area (Å²) in [5, 5.41) is 2.80. The number of hydrogen-bond acceptors (Lipinski definition) is 4. The van der Waals surface area contributed by atoms with Gasteiger partial charge in [-0.25, -0.2) is 4.98 Å². The summed E-state index contributed by atoms with van der Waals surface area (Å²) in [6, 6.07) is 3.55. The van der Waals surface area contributed by atoms with E-state index in [4.69, 9.17) is 5.73 Å². The van der Waals surface area contributed by atoms with Crippen molar-refractivity contribution >= 4 is 44.5 Å². The van der Waals surface area contributed by atoms with Crippen LogP contribution in [0.4, 0.5) is 11.4 Å². The molecule has 0 aromatic carbocycles. The van der Waals surface area contributed by atoms with Crippen molar-refractivity contribution in [3.63, 3.8) is 0 Å². The topological polar surface area (TPSA) is 68.0 Å². The predicted molar refractivity (Wildman–Crippen MR) is 78.1 cm³/mol. The van der Waals surface area contributed by atoms with Gasteiger partial charge < -0.3 is 11.1 Å². The van der Waals surface area contributed by atoms with Crippen LogP contribution >= 0.6 is 27.3 Å². The maximum absolute atomic E-state index is 12.0. The highest BCUT2D eigenvalue weighted by molar-refractivity contribution is 9.10. The largest absolute Gasteiger partial charge is 0.398 e. The Hall–Kier alpha value is -1.40. The zero-order valence-electron chi connectivity index (χ0n) is 9.95. The Balaban J connectivity index is 2.18. The van der Waals surface area contributed by atoms with E-state index in [1.54, 1.807) is 12.3 Å². The molecule has 0 saturated heterocycles. The Morgan fingerprint density at radius 3 is 2.72 bits per heavy atom. The Morgan fingerprint density at radius 2 is 2.17 bits per heavy atom. The highest BCUT2D eigenvalue weighted by Crippen LogP contribution is 2.24. The summed E-state index contributed by atoms with van der Waals surface area (Å²) in [6.07, 6.45) is 1.61. The number of halogens is 1. The molecule has 0 unspecified atom stereocenters. The molecule has 6 heteroatoms. The van der Waals surface area contributed by atoms with E-state index in [1.807, 2.05) is 19.9 Å². The molecule has 0 aliphatic rings. The van der Waals surface area contributed by atoms with Crippen LogP contribution in [0.15, 0.2) is 22.9 Å². The molecule has 0 aliphatic carbocycles. The number of hydrogen-bond donors (Lipinski definition) is 2. The van der Waals surface area contributed by atoms with Crippen LogP contribution in [0.1, 0.15) is 20.1 Å². The van der Waals surface area contributed by atoms with Crippen LogP contribution in [-0.2, 0) is 0 Å². The number of aryl methyl sites for hydroxylation is 2. The van der Waals surface area contributed by atoms with Crippen molar-refractivity contribution in [3.8, 4) is 0 Å². The molecule has 4 nitrogen and oxygen atoms in total. The highest BCUT2D eigenvalue weighted by atomic mass is 79.9. The third-order valence-electron chi connectivity index (χ3n) is 2.45. The number of anilines is 2. The number of nitrogens with zero attached hydrogens (tertiary/aromatic N) is 1. The lowest BCUT2D eigenvalue weighted by atomic mass is 10.3. The first-order chi connectivity index (χ1) is 8.47. The van der Waals surface area contributed by atoms with Gasteiger partial charge in [-0.15, -0.1) is 11.3 Å². The summed E-state index contributed by atoms with van der Waals surface area (Å²) in [7, 11) is 0. The van der Waals surface area contributed by atoms with Gasteiger partial charge in [-0.2, -0.15) is 0 Å². The summed E-state index contributed by atoms with van der Waals surface area (Å²) < 4.78 is 0.775. The second kappa shape index (κ2) is 5.07. The molecule has 94 valence electrons. The Bertz CT molecular complexity index is 590. The van der Waals surface area contributed by atoms with Crippen molar-refractivity contribution in [2.24, 2.45) is 0 Å². The first kappa shape index (κ1) is 13.0. The minimum atomic E-state index is -0.164. The molecule has 2 aromatic heterocycles. The summed E-state index contributed by atoms with van der Waals surface area (Å²) in [6.45, 7) is 3.81. The molecule has 18 heavy (non-hydrogen) atoms. The number of nitrogens with one attached hydrogen (secondary N) is 1. The number of amides is 1. The molecular formula is C12H12BrN3OS. The molecule has 0 saturated carbocycles. The van der Waals surface area contributed by atoms with Crippen LogP contribution in [0.3, 0.4) is 0 Å². The molecule has 2 heterocycles. The maximum Gasteiger partial charge on any atom is 0.265 e. The monoisotopic (exact) mass is 325 g/mol. The van der Waals surface area contributed by atoms with Crippen LogP contribution in [0.5, 0.6) is 0 Å². The van der Waals surface area contributed by atoms with Gasteiger partial charge >= 0.3 is 0 Å². The van der Waals surface area contributed by atoms with E-state index in [0.717, 1.165) is 15.0 Å². The second-order valence-corrected chi connectivity index (χ2v) is 5.92. The smallest absolute Gasteiger partial charge is 0.265 e. The number of nitrogen functional groups attached to an aromatic ring is 1. The number of aromatic nitrogens is 1. The molecule has 3 N–H and O–H groups in total. The van der Waals surface area contributed by atoms with Crippen molar-refractivity contribution in [1.82, 2.24) is 4.98 Å². The average Bonchev–Trinajstić information content (AvgIpc) is 2.65. The van der Waals surface area contributed by atoms with Crippen molar-refractivity contribution < 1.29 is 4.79 Å². The minimum Gasteiger partial charge on any atom is -0.398 e. The Kier molecular flexibility index (Phi) is 3.68. The molecule has 2 aromatic rings. The fraction of sp³-hybridized carbons (Fsp3) is 0.167. The lowest BCUT2D eigenvalue weighted by Gasteiger charge is -2.04. The van der Waals surface area contributed by atoms with Gasteiger partial charge in [0.25, 0.3) is 5.91 Å². The van der Waals surface area contributed by atoms with Crippen LogP contribution in [0, 0.1) is 13.8 Å². The van der Waals surface area contributed by atoms with E-state index >= 15 is 0 Å². The number of pyridine rings is 1. The number of nitrogens with two attached hydrogens (primary N) is 1. The van der Waals surface area contributed by atoms with Gasteiger partial charge in [-0.1, -0.05) is 0 Å². The minimum absolute atomic E-state index is 0.164. The van der Waals surface area contributed by atoms with E-state index in [-0.39, 0.29) is 5.91 Å². The second-order valence-electron chi connectivity index (χ2n) is 3.91. The fourth-order valence-electron chi connectivity index (χ4n) is 1.43. The highest BCUT2D eigenvalue weighted by Gasteiger charge is 2.11. The number of carbonyl (C=O) groups excluding carboxylic acids is 1. The van der Waals surface area contributed by atoms with Crippen molar-refractivity contribution in [2.75, 3.05) is 11.1 Å². The number of carbonyl (C=O) groups is 1. The SMILES string of the molecule is Cc1cc(NC(=O)c2cc(N)c(C)s2)cnc1Br. The summed E-state index contributed by atoms with van der Waals surface area (Å²) in [5.41, 5.74) is 8.01. The van der Waals surface area contributed by atoms with Crippen LogP contribution < -0.4 is 11.1 Å². The van der Waals surface area contributed by atoms with Gasteiger partial charge in [0.1, 0.15) is 4.60 Å². The third kappa shape index (κ3) is 2.70. The van der Waals surface area contributed by atoms with Gasteiger partial charge in [0.15, 0.2) is 0 Å². The predicted octanol–water partition coefficient (Wildman–Crippen LogP) is 3.36. The Labute approximate surface area is 117 Å². The molecule has 0 aliphatic heterocycles. The lowest BCUT2D eigenvalue weighted by molar-refractivity contribution is 0.103. The molecule has 0 bridgehead atoms. The van der Waals surface area contributed by atoms with Crippen molar-refractivity contribution in [3.05, 3.63) is 38.3 Å². The first-order valence-corrected chi connectivity index (χ1v) is 6.87. The van der Waals surface area contributed by atoms with Gasteiger partial charge in [-0.3, -0.25) is 4.79 Å². The summed E-state index contributed by atoms with van der Waals surface area (Å²) in [5.74, 6) is -0.164. The first-order valence-electron chi connectivity index (χ1n) is 5.27. The zero-order valence-corrected chi connectivity index (χ0v) is 12.4. The molecule has 0 radical (unpaired) electrons. The van der Waals surface area contributed by atoms with E-state index in [2.05, 4.69) is 26.2 Å². The van der Waals surface area contributed by atoms with Crippen molar-refractivity contribution in [2.45, 2.75) is 13.8 Å². The van der Waals surface area contributed by atoms with Gasteiger partial charge in [-0.05, 0) is 47.5 Å². The van der Waals surface area contributed by atoms with Crippen molar-refractivity contribution in [1.29, 1.82) is 0 Å². The van der Waals surface area contributed by atoms with E-state index in [9.17, 15) is 4.79 Å². The summed E-state index contributed by atoms with van der Waals surface area (Å²) in [4.78, 5) is 17.7. The lowest BCUT2D eigenvalue weighted by Crippen LogP contribution is -2.10. The van der Waals surface area contributed by atoms with Crippen LogP contribution in [0.2, 0.25) is 0 Å². The third-order valence-corrected chi connectivity index (χ3v) is 4.35. The van der Waals surface area contributed by atoms with E-state index < -0.39 is 0 Å². The zero-order chi connectivity index (χ0) is 13.3. The molecule has 0 fully saturated rings. The molecular weight excluding hydrogens is 314 g/mol. The molecule has 1 amide bonds. The summed E-state index contributed by atoms with van der Waals surface area (Å²) >= 11 is 4.70. The molecule has 0 spiro atoms. The van der Waals surface area contributed by atoms with Crippen LogP contribution in [-0.4, -0.2) is 10.9 Å². The van der Waals surface area contributed by atoms with Gasteiger partial charge in [0.05, 0.1) is 16.8 Å². The molecule has 0 atom stereocenters. The maximum atomic E-state index is 12.0. The number of thiophene rings is 1. The Morgan fingerprint density at radius 1 is 1.44 bits per heavy atom. The van der Waals surface area contributed by atoms with E-state index in [0.29, 0.717) is 16.3 Å². The van der Waals surface area contributed by atoms with Gasteiger partial charge in [0.2, 0.25) is 0 Å². The van der Waals surface area contributed by atoms with E-state index in [1.165, 1.54) is 11.3 Å². The van der Waals surface area contributed by atoms with Gasteiger partial charge in [0, 0.05) is 10.6 Å².